The fourth-order valence-corrected chi connectivity index (χ4v) is 2.50. The Morgan fingerprint density at radius 1 is 1.53 bits per heavy atom. The second-order valence-electron chi connectivity index (χ2n) is 4.52. The van der Waals surface area contributed by atoms with Crippen LogP contribution in [0.4, 0.5) is 0 Å². The Kier molecular flexibility index (Phi) is 5.76. The molecule has 0 spiro atoms. The summed E-state index contributed by atoms with van der Waals surface area (Å²) in [6.45, 7) is 4.49. The van der Waals surface area contributed by atoms with Gasteiger partial charge in [0, 0.05) is 23.9 Å². The Bertz CT molecular complexity index is 479. The third-order valence-electron chi connectivity index (χ3n) is 2.90. The van der Waals surface area contributed by atoms with Crippen molar-refractivity contribution in [2.45, 2.75) is 26.8 Å². The molecule has 0 aliphatic heterocycles. The van der Waals surface area contributed by atoms with Crippen LogP contribution in [0.25, 0.3) is 6.08 Å². The summed E-state index contributed by atoms with van der Waals surface area (Å²) in [5.74, 6) is -0.785. The van der Waals surface area contributed by atoms with Crippen LogP contribution in [0.3, 0.4) is 0 Å². The molecule has 1 aromatic rings. The molecule has 1 rings (SSSR count). The van der Waals surface area contributed by atoms with Crippen molar-refractivity contribution >= 4 is 29.3 Å². The number of carbonyl (C=O) groups excluding carboxylic acids is 1. The van der Waals surface area contributed by atoms with E-state index in [1.165, 1.54) is 11.3 Å². The Morgan fingerprint density at radius 2 is 2.21 bits per heavy atom. The smallest absolute Gasteiger partial charge is 0.328 e. The second-order valence-corrected chi connectivity index (χ2v) is 5.52. The van der Waals surface area contributed by atoms with Gasteiger partial charge in [-0.05, 0) is 29.5 Å². The summed E-state index contributed by atoms with van der Waals surface area (Å²) in [6, 6.07) is 1.91. The molecule has 0 aliphatic carbocycles. The Balaban J connectivity index is 2.63. The van der Waals surface area contributed by atoms with Gasteiger partial charge >= 0.3 is 5.97 Å². The average molecular weight is 281 g/mol. The third-order valence-corrected chi connectivity index (χ3v) is 3.84. The van der Waals surface area contributed by atoms with Crippen LogP contribution in [0.5, 0.6) is 0 Å². The van der Waals surface area contributed by atoms with E-state index in [-0.39, 0.29) is 11.8 Å². The molecule has 4 nitrogen and oxygen atoms in total. The van der Waals surface area contributed by atoms with Gasteiger partial charge in [-0.25, -0.2) is 4.79 Å². The van der Waals surface area contributed by atoms with E-state index in [0.29, 0.717) is 6.54 Å². The molecule has 0 aliphatic rings. The summed E-state index contributed by atoms with van der Waals surface area (Å²) in [5, 5.41) is 10.4. The maximum Gasteiger partial charge on any atom is 0.328 e. The van der Waals surface area contributed by atoms with Gasteiger partial charge in [0.2, 0.25) is 5.91 Å². The number of hydrogen-bond donors (Lipinski definition) is 1. The van der Waals surface area contributed by atoms with Crippen molar-refractivity contribution in [3.63, 3.8) is 0 Å². The number of nitrogens with zero attached hydrogens (tertiary/aromatic N) is 1. The number of aliphatic carboxylic acids is 1. The summed E-state index contributed by atoms with van der Waals surface area (Å²) < 4.78 is 0. The summed E-state index contributed by atoms with van der Waals surface area (Å²) >= 11 is 1.53. The summed E-state index contributed by atoms with van der Waals surface area (Å²) in [4.78, 5) is 25.1. The van der Waals surface area contributed by atoms with E-state index in [9.17, 15) is 9.59 Å². The average Bonchev–Trinajstić information content (AvgIpc) is 2.82. The van der Waals surface area contributed by atoms with Crippen LogP contribution in [0.15, 0.2) is 17.5 Å². The molecule has 1 heterocycles. The van der Waals surface area contributed by atoms with Crippen LogP contribution in [-0.4, -0.2) is 28.9 Å². The first kappa shape index (κ1) is 15.4. The van der Waals surface area contributed by atoms with Crippen molar-refractivity contribution in [1.82, 2.24) is 4.90 Å². The first-order chi connectivity index (χ1) is 8.93. The van der Waals surface area contributed by atoms with E-state index >= 15 is 0 Å². The van der Waals surface area contributed by atoms with E-state index in [4.69, 9.17) is 5.11 Å². The van der Waals surface area contributed by atoms with Crippen LogP contribution in [0.2, 0.25) is 0 Å². The highest BCUT2D eigenvalue weighted by atomic mass is 32.1. The Hall–Kier alpha value is -1.62. The summed E-state index contributed by atoms with van der Waals surface area (Å²) in [5.41, 5.74) is 0.854. The molecule has 0 saturated carbocycles. The lowest BCUT2D eigenvalue weighted by molar-refractivity contribution is -0.134. The van der Waals surface area contributed by atoms with Gasteiger partial charge in [0.1, 0.15) is 0 Å². The van der Waals surface area contributed by atoms with Gasteiger partial charge in [-0.15, -0.1) is 11.3 Å². The van der Waals surface area contributed by atoms with E-state index in [1.807, 2.05) is 25.3 Å². The van der Waals surface area contributed by atoms with Gasteiger partial charge in [0.05, 0.1) is 6.54 Å². The van der Waals surface area contributed by atoms with Gasteiger partial charge in [0.25, 0.3) is 0 Å². The van der Waals surface area contributed by atoms with E-state index in [0.717, 1.165) is 22.9 Å². The molecule has 0 bridgehead atoms. The third kappa shape index (κ3) is 4.87. The molecule has 1 atom stereocenters. The lowest BCUT2D eigenvalue weighted by atomic mass is 10.1. The number of carboxylic acid groups (broad SMARTS) is 1. The Morgan fingerprint density at radius 3 is 2.79 bits per heavy atom. The van der Waals surface area contributed by atoms with Crippen LogP contribution in [0.1, 0.15) is 30.7 Å². The molecule has 0 saturated heterocycles. The lowest BCUT2D eigenvalue weighted by Gasteiger charge is -2.19. The van der Waals surface area contributed by atoms with Crippen molar-refractivity contribution in [3.8, 4) is 0 Å². The molecular formula is C14H19NO3S. The molecule has 0 radical (unpaired) electrons. The van der Waals surface area contributed by atoms with Crippen molar-refractivity contribution in [2.75, 3.05) is 7.05 Å². The highest BCUT2D eigenvalue weighted by molar-refractivity contribution is 7.10. The Labute approximate surface area is 117 Å². The molecule has 1 N–H and O–H groups in total. The zero-order chi connectivity index (χ0) is 14.4. The quantitative estimate of drug-likeness (QED) is 0.816. The minimum absolute atomic E-state index is 0.0383. The normalized spacial score (nSPS) is 12.6. The zero-order valence-electron chi connectivity index (χ0n) is 11.4. The van der Waals surface area contributed by atoms with Gasteiger partial charge in [-0.3, -0.25) is 4.79 Å². The first-order valence-electron chi connectivity index (χ1n) is 6.17. The molecule has 19 heavy (non-hydrogen) atoms. The van der Waals surface area contributed by atoms with Gasteiger partial charge in [0.15, 0.2) is 0 Å². The minimum Gasteiger partial charge on any atom is -0.478 e. The van der Waals surface area contributed by atoms with Crippen molar-refractivity contribution in [1.29, 1.82) is 0 Å². The maximum atomic E-state index is 11.9. The van der Waals surface area contributed by atoms with E-state index in [1.54, 1.807) is 18.0 Å². The van der Waals surface area contributed by atoms with E-state index in [2.05, 4.69) is 0 Å². The fourth-order valence-electron chi connectivity index (χ4n) is 1.60. The first-order valence-corrected chi connectivity index (χ1v) is 7.05. The predicted molar refractivity (Wildman–Crippen MR) is 76.9 cm³/mol. The highest BCUT2D eigenvalue weighted by Crippen LogP contribution is 2.18. The molecule has 0 fully saturated rings. The molecule has 1 unspecified atom stereocenters. The lowest BCUT2D eigenvalue weighted by Crippen LogP contribution is -2.30. The van der Waals surface area contributed by atoms with Crippen molar-refractivity contribution in [2.24, 2.45) is 5.92 Å². The zero-order valence-corrected chi connectivity index (χ0v) is 12.2. The van der Waals surface area contributed by atoms with Crippen LogP contribution in [0, 0.1) is 5.92 Å². The van der Waals surface area contributed by atoms with Gasteiger partial charge in [-0.2, -0.15) is 0 Å². The molecule has 1 amide bonds. The van der Waals surface area contributed by atoms with Crippen LogP contribution >= 0.6 is 11.3 Å². The SMILES string of the molecule is CCC(C)C(=O)N(C)Cc1cc(/C=C/C(=O)O)cs1. The van der Waals surface area contributed by atoms with Crippen LogP contribution in [-0.2, 0) is 16.1 Å². The number of thiophene rings is 1. The molecular weight excluding hydrogens is 262 g/mol. The molecule has 1 aromatic heterocycles. The van der Waals surface area contributed by atoms with Crippen LogP contribution < -0.4 is 0 Å². The number of amides is 1. The standard InChI is InChI=1S/C14H19NO3S/c1-4-10(2)14(18)15(3)8-12-7-11(9-19-12)5-6-13(16)17/h5-7,9-10H,4,8H2,1-3H3,(H,16,17)/b6-5+. The monoisotopic (exact) mass is 281 g/mol. The topological polar surface area (TPSA) is 57.6 Å². The summed E-state index contributed by atoms with van der Waals surface area (Å²) in [7, 11) is 1.79. The highest BCUT2D eigenvalue weighted by Gasteiger charge is 2.16. The second kappa shape index (κ2) is 7.09. The molecule has 5 heteroatoms. The van der Waals surface area contributed by atoms with Crippen molar-refractivity contribution in [3.05, 3.63) is 28.0 Å². The fraction of sp³-hybridized carbons (Fsp3) is 0.429. The van der Waals surface area contributed by atoms with E-state index < -0.39 is 5.97 Å². The van der Waals surface area contributed by atoms with Gasteiger partial charge in [-0.1, -0.05) is 13.8 Å². The summed E-state index contributed by atoms with van der Waals surface area (Å²) in [6.07, 6.45) is 3.50. The number of rotatable bonds is 6. The number of carboxylic acids is 1. The van der Waals surface area contributed by atoms with Crippen molar-refractivity contribution < 1.29 is 14.7 Å². The number of hydrogen-bond acceptors (Lipinski definition) is 3. The predicted octanol–water partition coefficient (Wildman–Crippen LogP) is 2.85. The van der Waals surface area contributed by atoms with Gasteiger partial charge < -0.3 is 10.0 Å². The maximum absolute atomic E-state index is 11.9. The molecule has 104 valence electrons. The molecule has 0 aromatic carbocycles. The minimum atomic E-state index is -0.961. The largest absolute Gasteiger partial charge is 0.478 e. The number of carbonyl (C=O) groups is 2.